The summed E-state index contributed by atoms with van der Waals surface area (Å²) >= 11 is 0. The van der Waals surface area contributed by atoms with Crippen molar-refractivity contribution in [2.24, 2.45) is 5.92 Å². The Kier molecular flexibility index (Phi) is 7.75. The molecule has 0 atom stereocenters. The molecule has 9 heteroatoms. The predicted octanol–water partition coefficient (Wildman–Crippen LogP) is 2.69. The lowest BCUT2D eigenvalue weighted by Crippen LogP contribution is -2.41. The average molecular weight is 446 g/mol. The van der Waals surface area contributed by atoms with Crippen LogP contribution in [0, 0.1) is 17.6 Å². The third-order valence-electron chi connectivity index (χ3n) is 5.27. The summed E-state index contributed by atoms with van der Waals surface area (Å²) < 4.78 is 37.1. The van der Waals surface area contributed by atoms with Gasteiger partial charge in [0.1, 0.15) is 17.4 Å². The molecule has 0 bridgehead atoms. The summed E-state index contributed by atoms with van der Waals surface area (Å²) in [7, 11) is 1.57. The number of amides is 2. The number of rotatable bonds is 7. The number of hydrogen-bond donors (Lipinski definition) is 1. The highest BCUT2D eigenvalue weighted by atomic mass is 19.1. The summed E-state index contributed by atoms with van der Waals surface area (Å²) in [5, 5.41) is 2.67. The van der Waals surface area contributed by atoms with Crippen LogP contribution in [0.3, 0.4) is 0 Å². The molecule has 32 heavy (non-hydrogen) atoms. The van der Waals surface area contributed by atoms with E-state index in [0.717, 1.165) is 17.7 Å². The summed E-state index contributed by atoms with van der Waals surface area (Å²) in [6.07, 6.45) is 0.668. The number of nitrogens with zero attached hydrogens (tertiary/aromatic N) is 1. The van der Waals surface area contributed by atoms with Crippen molar-refractivity contribution in [3.05, 3.63) is 65.2 Å². The van der Waals surface area contributed by atoms with Crippen LogP contribution in [0.4, 0.5) is 8.78 Å². The number of carbonyl (C=O) groups is 3. The number of halogens is 2. The fourth-order valence-electron chi connectivity index (χ4n) is 3.40. The van der Waals surface area contributed by atoms with Crippen LogP contribution in [0.5, 0.6) is 5.75 Å². The summed E-state index contributed by atoms with van der Waals surface area (Å²) in [6, 6.07) is 10.00. The van der Waals surface area contributed by atoms with Crippen molar-refractivity contribution in [2.75, 3.05) is 26.8 Å². The van der Waals surface area contributed by atoms with Gasteiger partial charge in [-0.3, -0.25) is 14.4 Å². The van der Waals surface area contributed by atoms with Crippen LogP contribution in [-0.4, -0.2) is 49.5 Å². The number of carbonyl (C=O) groups excluding carboxylic acids is 3. The van der Waals surface area contributed by atoms with Crippen LogP contribution in [0.2, 0.25) is 0 Å². The van der Waals surface area contributed by atoms with E-state index in [0.29, 0.717) is 31.2 Å². The minimum absolute atomic E-state index is 0.207. The Morgan fingerprint density at radius 1 is 1.06 bits per heavy atom. The third kappa shape index (κ3) is 6.03. The number of nitrogens with one attached hydrogen (secondary N) is 1. The monoisotopic (exact) mass is 446 g/mol. The molecule has 0 aliphatic carbocycles. The standard InChI is InChI=1S/C23H24F2N2O5/c1-31-18-5-2-15(3-6-18)13-26-21(28)14-32-23(30)16-8-10-27(11-9-16)22(29)19-7-4-17(24)12-20(19)25/h2-7,12,16H,8-11,13-14H2,1H3,(H,26,28). The fourth-order valence-corrected chi connectivity index (χ4v) is 3.40. The summed E-state index contributed by atoms with van der Waals surface area (Å²) in [5.74, 6) is -2.90. The van der Waals surface area contributed by atoms with Crippen molar-refractivity contribution in [1.29, 1.82) is 0 Å². The molecule has 1 aliphatic heterocycles. The first-order chi connectivity index (χ1) is 15.4. The maximum Gasteiger partial charge on any atom is 0.309 e. The number of ether oxygens (including phenoxy) is 2. The van der Waals surface area contributed by atoms with E-state index in [1.54, 1.807) is 19.2 Å². The van der Waals surface area contributed by atoms with E-state index in [1.165, 1.54) is 4.90 Å². The Morgan fingerprint density at radius 3 is 2.38 bits per heavy atom. The Hall–Kier alpha value is -3.49. The lowest BCUT2D eigenvalue weighted by molar-refractivity contribution is -0.153. The van der Waals surface area contributed by atoms with Gasteiger partial charge in [-0.2, -0.15) is 0 Å². The van der Waals surface area contributed by atoms with Gasteiger partial charge in [-0.15, -0.1) is 0 Å². The van der Waals surface area contributed by atoms with Gasteiger partial charge in [0, 0.05) is 25.7 Å². The number of benzene rings is 2. The second kappa shape index (κ2) is 10.7. The molecule has 2 aromatic rings. The minimum Gasteiger partial charge on any atom is -0.497 e. The SMILES string of the molecule is COc1ccc(CNC(=O)COC(=O)C2CCN(C(=O)c3ccc(F)cc3F)CC2)cc1. The first-order valence-corrected chi connectivity index (χ1v) is 10.2. The van der Waals surface area contributed by atoms with Gasteiger partial charge >= 0.3 is 5.97 Å². The molecule has 1 fully saturated rings. The first kappa shape index (κ1) is 23.2. The third-order valence-corrected chi connectivity index (χ3v) is 5.27. The van der Waals surface area contributed by atoms with E-state index >= 15 is 0 Å². The molecule has 170 valence electrons. The van der Waals surface area contributed by atoms with E-state index in [1.807, 2.05) is 12.1 Å². The van der Waals surface area contributed by atoms with Crippen molar-refractivity contribution in [1.82, 2.24) is 10.2 Å². The summed E-state index contributed by atoms with van der Waals surface area (Å²) in [6.45, 7) is 0.369. The fraction of sp³-hybridized carbons (Fsp3) is 0.348. The molecule has 1 saturated heterocycles. The van der Waals surface area contributed by atoms with Crippen molar-refractivity contribution in [2.45, 2.75) is 19.4 Å². The summed E-state index contributed by atoms with van der Waals surface area (Å²) in [5.41, 5.74) is 0.668. The van der Waals surface area contributed by atoms with Gasteiger partial charge < -0.3 is 19.7 Å². The van der Waals surface area contributed by atoms with Crippen molar-refractivity contribution in [3.8, 4) is 5.75 Å². The van der Waals surface area contributed by atoms with Crippen LogP contribution >= 0.6 is 0 Å². The number of hydrogen-bond acceptors (Lipinski definition) is 5. The predicted molar refractivity (Wildman–Crippen MR) is 111 cm³/mol. The molecule has 1 N–H and O–H groups in total. The number of likely N-dealkylation sites (tertiary alicyclic amines) is 1. The highest BCUT2D eigenvalue weighted by Crippen LogP contribution is 2.21. The maximum absolute atomic E-state index is 13.8. The minimum atomic E-state index is -0.919. The van der Waals surface area contributed by atoms with Gasteiger partial charge in [-0.1, -0.05) is 12.1 Å². The quantitative estimate of drug-likeness (QED) is 0.661. The Bertz CT molecular complexity index is 973. The molecule has 0 saturated carbocycles. The van der Waals surface area contributed by atoms with Crippen molar-refractivity contribution < 1.29 is 32.6 Å². The summed E-state index contributed by atoms with van der Waals surface area (Å²) in [4.78, 5) is 38.1. The zero-order valence-corrected chi connectivity index (χ0v) is 17.6. The smallest absolute Gasteiger partial charge is 0.309 e. The maximum atomic E-state index is 13.8. The highest BCUT2D eigenvalue weighted by Gasteiger charge is 2.30. The van der Waals surface area contributed by atoms with Crippen LogP contribution < -0.4 is 10.1 Å². The second-order valence-corrected chi connectivity index (χ2v) is 7.42. The molecular formula is C23H24F2N2O5. The zero-order chi connectivity index (χ0) is 23.1. The van der Waals surface area contributed by atoms with Crippen LogP contribution in [-0.2, 0) is 20.9 Å². The lowest BCUT2D eigenvalue weighted by Gasteiger charge is -2.31. The second-order valence-electron chi connectivity index (χ2n) is 7.42. The first-order valence-electron chi connectivity index (χ1n) is 10.2. The van der Waals surface area contributed by atoms with E-state index in [4.69, 9.17) is 9.47 Å². The lowest BCUT2D eigenvalue weighted by atomic mass is 9.96. The van der Waals surface area contributed by atoms with Gasteiger partial charge in [0.2, 0.25) is 0 Å². The van der Waals surface area contributed by atoms with Gasteiger partial charge in [-0.05, 0) is 42.7 Å². The molecule has 3 rings (SSSR count). The van der Waals surface area contributed by atoms with E-state index in [2.05, 4.69) is 5.32 Å². The van der Waals surface area contributed by atoms with Crippen LogP contribution in [0.1, 0.15) is 28.8 Å². The molecule has 0 spiro atoms. The molecule has 2 aromatic carbocycles. The van der Waals surface area contributed by atoms with Gasteiger partial charge in [0.05, 0.1) is 18.6 Å². The molecule has 1 heterocycles. The number of esters is 1. The highest BCUT2D eigenvalue weighted by molar-refractivity contribution is 5.94. The topological polar surface area (TPSA) is 84.9 Å². The number of methoxy groups -OCH3 is 1. The molecule has 1 aliphatic rings. The van der Waals surface area contributed by atoms with Crippen LogP contribution in [0.25, 0.3) is 0 Å². The van der Waals surface area contributed by atoms with E-state index in [9.17, 15) is 23.2 Å². The largest absolute Gasteiger partial charge is 0.497 e. The van der Waals surface area contributed by atoms with Gasteiger partial charge in [0.15, 0.2) is 6.61 Å². The van der Waals surface area contributed by atoms with Crippen molar-refractivity contribution in [3.63, 3.8) is 0 Å². The Balaban J connectivity index is 1.40. The van der Waals surface area contributed by atoms with Gasteiger partial charge in [0.25, 0.3) is 11.8 Å². The molecular weight excluding hydrogens is 422 g/mol. The molecule has 0 aromatic heterocycles. The normalized spacial score (nSPS) is 14.0. The Morgan fingerprint density at radius 2 is 1.75 bits per heavy atom. The van der Waals surface area contributed by atoms with Crippen molar-refractivity contribution >= 4 is 17.8 Å². The molecule has 7 nitrogen and oxygen atoms in total. The van der Waals surface area contributed by atoms with Crippen LogP contribution in [0.15, 0.2) is 42.5 Å². The van der Waals surface area contributed by atoms with E-state index in [-0.39, 0.29) is 18.7 Å². The molecule has 0 unspecified atom stereocenters. The van der Waals surface area contributed by atoms with Gasteiger partial charge in [-0.25, -0.2) is 8.78 Å². The number of piperidine rings is 1. The van der Waals surface area contributed by atoms with E-state index < -0.39 is 41.9 Å². The molecule has 0 radical (unpaired) electrons. The zero-order valence-electron chi connectivity index (χ0n) is 17.6. The molecule has 2 amide bonds. The Labute approximate surface area is 184 Å². The average Bonchev–Trinajstić information content (AvgIpc) is 2.81.